The molecule has 0 unspecified atom stereocenters. The SMILES string of the molecule is CC(=O)N[C@@](C)(CNC(=O)c1cc2n(n1)CCN(CCC1CCN(C(=O)OC(C)(C)C)CC1)C2=O)C(=O)O. The van der Waals surface area contributed by atoms with Crippen molar-refractivity contribution < 1.29 is 33.8 Å². The van der Waals surface area contributed by atoms with E-state index in [4.69, 9.17) is 4.74 Å². The summed E-state index contributed by atoms with van der Waals surface area (Å²) in [6, 6.07) is 1.40. The molecule has 2 aliphatic heterocycles. The van der Waals surface area contributed by atoms with Crippen LogP contribution < -0.4 is 10.6 Å². The number of aromatic nitrogens is 2. The zero-order valence-corrected chi connectivity index (χ0v) is 22.7. The number of fused-ring (bicyclic) bond motifs is 1. The maximum Gasteiger partial charge on any atom is 0.410 e. The van der Waals surface area contributed by atoms with Gasteiger partial charge in [-0.05, 0) is 52.9 Å². The Bertz CT molecular complexity index is 1090. The number of rotatable bonds is 8. The fourth-order valence-corrected chi connectivity index (χ4v) is 4.54. The average Bonchev–Trinajstić information content (AvgIpc) is 3.26. The van der Waals surface area contributed by atoms with E-state index in [1.54, 1.807) is 9.80 Å². The number of carbonyl (C=O) groups excluding carboxylic acids is 4. The van der Waals surface area contributed by atoms with Crippen molar-refractivity contribution in [1.29, 1.82) is 0 Å². The molecule has 3 rings (SSSR count). The third-order valence-corrected chi connectivity index (χ3v) is 6.70. The van der Waals surface area contributed by atoms with Crippen LogP contribution in [0.25, 0.3) is 0 Å². The van der Waals surface area contributed by atoms with Crippen molar-refractivity contribution in [3.05, 3.63) is 17.5 Å². The molecule has 1 atom stereocenters. The van der Waals surface area contributed by atoms with Gasteiger partial charge in [0, 0.05) is 39.2 Å². The van der Waals surface area contributed by atoms with E-state index in [1.165, 1.54) is 24.6 Å². The van der Waals surface area contributed by atoms with E-state index in [9.17, 15) is 29.1 Å². The molecule has 210 valence electrons. The predicted octanol–water partition coefficient (Wildman–Crippen LogP) is 1.09. The Kier molecular flexibility index (Phi) is 8.68. The van der Waals surface area contributed by atoms with Crippen LogP contribution >= 0.6 is 0 Å². The lowest BCUT2D eigenvalue weighted by molar-refractivity contribution is -0.146. The van der Waals surface area contributed by atoms with Gasteiger partial charge in [0.25, 0.3) is 11.8 Å². The van der Waals surface area contributed by atoms with Crippen molar-refractivity contribution in [2.45, 2.75) is 71.6 Å². The molecule has 13 nitrogen and oxygen atoms in total. The maximum atomic E-state index is 13.1. The van der Waals surface area contributed by atoms with Crippen LogP contribution in [0.2, 0.25) is 0 Å². The molecule has 3 heterocycles. The highest BCUT2D eigenvalue weighted by molar-refractivity contribution is 5.98. The first kappa shape index (κ1) is 28.9. The first-order chi connectivity index (χ1) is 17.7. The lowest BCUT2D eigenvalue weighted by atomic mass is 9.93. The number of aliphatic carboxylic acids is 1. The summed E-state index contributed by atoms with van der Waals surface area (Å²) in [5.41, 5.74) is -1.91. The van der Waals surface area contributed by atoms with Gasteiger partial charge in [-0.25, -0.2) is 9.59 Å². The van der Waals surface area contributed by atoms with E-state index in [0.29, 0.717) is 44.3 Å². The molecule has 1 aromatic rings. The summed E-state index contributed by atoms with van der Waals surface area (Å²) in [5.74, 6) is -2.30. The zero-order chi connectivity index (χ0) is 28.3. The van der Waals surface area contributed by atoms with E-state index in [0.717, 1.165) is 19.3 Å². The Morgan fingerprint density at radius 1 is 1.11 bits per heavy atom. The van der Waals surface area contributed by atoms with Crippen LogP contribution in [-0.4, -0.2) is 98.3 Å². The summed E-state index contributed by atoms with van der Waals surface area (Å²) in [6.07, 6.45) is 2.21. The van der Waals surface area contributed by atoms with E-state index in [-0.39, 0.29) is 24.2 Å². The molecule has 0 bridgehead atoms. The standard InChI is InChI=1S/C25H38N6O7/c1-16(32)27-25(5,22(35)36)15-26-20(33)18-14-19-21(34)29(12-13-31(19)28-18)9-6-17-7-10-30(11-8-17)23(37)38-24(2,3)4/h14,17H,6-13,15H2,1-5H3,(H,26,33)(H,27,32)(H,35,36)/t25-/m0/s1. The number of nitrogens with zero attached hydrogens (tertiary/aromatic N) is 4. The summed E-state index contributed by atoms with van der Waals surface area (Å²) in [6.45, 7) is 10.4. The minimum Gasteiger partial charge on any atom is -0.479 e. The number of ether oxygens (including phenoxy) is 1. The molecule has 1 aromatic heterocycles. The molecule has 1 fully saturated rings. The quantitative estimate of drug-likeness (QED) is 0.446. The second-order valence-electron chi connectivity index (χ2n) is 11.1. The third-order valence-electron chi connectivity index (χ3n) is 6.70. The Labute approximate surface area is 221 Å². The number of piperidine rings is 1. The van der Waals surface area contributed by atoms with Gasteiger partial charge < -0.3 is 30.3 Å². The molecule has 0 aliphatic carbocycles. The van der Waals surface area contributed by atoms with Crippen LogP contribution in [0, 0.1) is 5.92 Å². The summed E-state index contributed by atoms with van der Waals surface area (Å²) in [7, 11) is 0. The highest BCUT2D eigenvalue weighted by Crippen LogP contribution is 2.24. The average molecular weight is 535 g/mol. The molecule has 0 saturated carbocycles. The highest BCUT2D eigenvalue weighted by Gasteiger charge is 2.35. The van der Waals surface area contributed by atoms with Gasteiger partial charge in [0.2, 0.25) is 5.91 Å². The molecule has 0 spiro atoms. The molecule has 0 radical (unpaired) electrons. The number of carboxylic acids is 1. The molecule has 0 aromatic carbocycles. The fraction of sp³-hybridized carbons (Fsp3) is 0.680. The van der Waals surface area contributed by atoms with Gasteiger partial charge in [0.15, 0.2) is 11.2 Å². The van der Waals surface area contributed by atoms with Crippen LogP contribution in [0.5, 0.6) is 0 Å². The van der Waals surface area contributed by atoms with Gasteiger partial charge in [-0.1, -0.05) is 0 Å². The van der Waals surface area contributed by atoms with Crippen molar-refractivity contribution in [3.63, 3.8) is 0 Å². The smallest absolute Gasteiger partial charge is 0.410 e. The van der Waals surface area contributed by atoms with Crippen LogP contribution in [0.4, 0.5) is 4.79 Å². The minimum atomic E-state index is -1.68. The van der Waals surface area contributed by atoms with Crippen molar-refractivity contribution >= 4 is 29.8 Å². The predicted molar refractivity (Wildman–Crippen MR) is 135 cm³/mol. The van der Waals surface area contributed by atoms with E-state index >= 15 is 0 Å². The number of nitrogens with one attached hydrogen (secondary N) is 2. The number of hydrogen-bond acceptors (Lipinski definition) is 7. The zero-order valence-electron chi connectivity index (χ0n) is 22.7. The molecule has 1 saturated heterocycles. The third kappa shape index (κ3) is 7.23. The van der Waals surface area contributed by atoms with Crippen LogP contribution in [0.1, 0.15) is 74.9 Å². The monoisotopic (exact) mass is 534 g/mol. The van der Waals surface area contributed by atoms with E-state index < -0.39 is 28.9 Å². The van der Waals surface area contributed by atoms with E-state index in [1.807, 2.05) is 20.8 Å². The van der Waals surface area contributed by atoms with Crippen molar-refractivity contribution in [1.82, 2.24) is 30.2 Å². The summed E-state index contributed by atoms with van der Waals surface area (Å²) in [5, 5.41) is 18.4. The molecule has 13 heteroatoms. The summed E-state index contributed by atoms with van der Waals surface area (Å²) >= 11 is 0. The lowest BCUT2D eigenvalue weighted by Gasteiger charge is -2.34. The van der Waals surface area contributed by atoms with Gasteiger partial charge >= 0.3 is 12.1 Å². The summed E-state index contributed by atoms with van der Waals surface area (Å²) in [4.78, 5) is 64.4. The van der Waals surface area contributed by atoms with Gasteiger partial charge in [0.1, 0.15) is 11.3 Å². The Morgan fingerprint density at radius 2 is 1.76 bits per heavy atom. The molecule has 38 heavy (non-hydrogen) atoms. The molecule has 3 N–H and O–H groups in total. The Balaban J connectivity index is 1.51. The van der Waals surface area contributed by atoms with Gasteiger partial charge in [-0.15, -0.1) is 0 Å². The molecule has 4 amide bonds. The highest BCUT2D eigenvalue weighted by atomic mass is 16.6. The second kappa shape index (κ2) is 11.4. The topological polar surface area (TPSA) is 163 Å². The van der Waals surface area contributed by atoms with E-state index in [2.05, 4.69) is 15.7 Å². The molecular weight excluding hydrogens is 496 g/mol. The largest absolute Gasteiger partial charge is 0.479 e. The van der Waals surface area contributed by atoms with Gasteiger partial charge in [0.05, 0.1) is 13.1 Å². The summed E-state index contributed by atoms with van der Waals surface area (Å²) < 4.78 is 6.93. The molecule has 2 aliphatic rings. The first-order valence-corrected chi connectivity index (χ1v) is 12.8. The Morgan fingerprint density at radius 3 is 2.34 bits per heavy atom. The normalized spacial score (nSPS) is 17.9. The van der Waals surface area contributed by atoms with Gasteiger partial charge in [-0.3, -0.25) is 19.1 Å². The van der Waals surface area contributed by atoms with Crippen molar-refractivity contribution in [2.75, 3.05) is 32.7 Å². The van der Waals surface area contributed by atoms with Crippen LogP contribution in [0.15, 0.2) is 6.07 Å². The number of amides is 4. The minimum absolute atomic E-state index is 0.000258. The van der Waals surface area contributed by atoms with Crippen molar-refractivity contribution in [2.24, 2.45) is 5.92 Å². The number of carbonyl (C=O) groups is 5. The number of likely N-dealkylation sites (tertiary alicyclic amines) is 1. The number of hydrogen-bond donors (Lipinski definition) is 3. The number of carboxylic acid groups (broad SMARTS) is 1. The van der Waals surface area contributed by atoms with Crippen LogP contribution in [0.3, 0.4) is 0 Å². The molecular formula is C25H38N6O7. The lowest BCUT2D eigenvalue weighted by Crippen LogP contribution is -2.58. The second-order valence-corrected chi connectivity index (χ2v) is 11.1. The van der Waals surface area contributed by atoms with Crippen molar-refractivity contribution in [3.8, 4) is 0 Å². The van der Waals surface area contributed by atoms with Crippen LogP contribution in [-0.2, 0) is 20.9 Å². The maximum absolute atomic E-state index is 13.1. The van der Waals surface area contributed by atoms with Gasteiger partial charge in [-0.2, -0.15) is 5.10 Å². The Hall–Kier alpha value is -3.64. The fourth-order valence-electron chi connectivity index (χ4n) is 4.54. The first-order valence-electron chi connectivity index (χ1n) is 12.8.